The number of carbonyl (C=O) groups is 1. The van der Waals surface area contributed by atoms with Crippen LogP contribution >= 0.6 is 11.6 Å². The summed E-state index contributed by atoms with van der Waals surface area (Å²) < 4.78 is 5.61. The molecule has 6 heteroatoms. The zero-order valence-corrected chi connectivity index (χ0v) is 10.1. The number of nitrogens with zero attached hydrogens (tertiary/aromatic N) is 2. The summed E-state index contributed by atoms with van der Waals surface area (Å²) in [6.45, 7) is 0.585. The standard InChI is InChI=1S/C11H13ClN2O3/c1-14-6-8(4-9(14)11(15)16)17-10-3-2-7(12)5-13-10/h2-3,5,8-9H,4,6H2,1H3,(H,15,16). The molecule has 17 heavy (non-hydrogen) atoms. The van der Waals surface area contributed by atoms with Gasteiger partial charge in [-0.15, -0.1) is 0 Å². The first-order valence-electron chi connectivity index (χ1n) is 5.27. The van der Waals surface area contributed by atoms with E-state index in [1.807, 2.05) is 0 Å². The van der Waals surface area contributed by atoms with Crippen LogP contribution < -0.4 is 4.74 Å². The molecule has 0 spiro atoms. The number of hydrogen-bond acceptors (Lipinski definition) is 4. The van der Waals surface area contributed by atoms with Crippen LogP contribution in [-0.4, -0.2) is 46.7 Å². The quantitative estimate of drug-likeness (QED) is 0.883. The molecule has 0 saturated carbocycles. The fourth-order valence-corrected chi connectivity index (χ4v) is 2.04. The SMILES string of the molecule is CN1CC(Oc2ccc(Cl)cn2)CC1C(=O)O. The van der Waals surface area contributed by atoms with Gasteiger partial charge in [0.25, 0.3) is 0 Å². The lowest BCUT2D eigenvalue weighted by Gasteiger charge is -2.13. The highest BCUT2D eigenvalue weighted by molar-refractivity contribution is 6.30. The molecule has 1 aliphatic heterocycles. The van der Waals surface area contributed by atoms with E-state index in [0.717, 1.165) is 0 Å². The Labute approximate surface area is 104 Å². The third-order valence-corrected chi connectivity index (χ3v) is 3.01. The zero-order chi connectivity index (χ0) is 12.4. The molecule has 92 valence electrons. The van der Waals surface area contributed by atoms with Crippen LogP contribution in [0.2, 0.25) is 5.02 Å². The number of ether oxygens (including phenoxy) is 1. The predicted molar refractivity (Wildman–Crippen MR) is 62.3 cm³/mol. The van der Waals surface area contributed by atoms with Gasteiger partial charge >= 0.3 is 5.97 Å². The van der Waals surface area contributed by atoms with Crippen LogP contribution in [-0.2, 0) is 4.79 Å². The van der Waals surface area contributed by atoms with E-state index in [2.05, 4.69) is 4.98 Å². The van der Waals surface area contributed by atoms with Crippen LogP contribution in [0.4, 0.5) is 0 Å². The van der Waals surface area contributed by atoms with E-state index in [4.69, 9.17) is 21.4 Å². The summed E-state index contributed by atoms with van der Waals surface area (Å²) in [5, 5.41) is 9.52. The number of aliphatic carboxylic acids is 1. The van der Waals surface area contributed by atoms with Crippen molar-refractivity contribution in [3.63, 3.8) is 0 Å². The van der Waals surface area contributed by atoms with Crippen molar-refractivity contribution < 1.29 is 14.6 Å². The first-order chi connectivity index (χ1) is 8.06. The average molecular weight is 257 g/mol. The van der Waals surface area contributed by atoms with Crippen molar-refractivity contribution in [2.24, 2.45) is 0 Å². The van der Waals surface area contributed by atoms with E-state index in [9.17, 15) is 4.79 Å². The summed E-state index contributed by atoms with van der Waals surface area (Å²) in [7, 11) is 1.78. The maximum absolute atomic E-state index is 10.9. The van der Waals surface area contributed by atoms with Gasteiger partial charge in [-0.1, -0.05) is 11.6 Å². The van der Waals surface area contributed by atoms with E-state index in [1.54, 1.807) is 24.1 Å². The van der Waals surface area contributed by atoms with Crippen LogP contribution in [0.3, 0.4) is 0 Å². The molecule has 0 aliphatic carbocycles. The number of likely N-dealkylation sites (tertiary alicyclic amines) is 1. The highest BCUT2D eigenvalue weighted by Crippen LogP contribution is 2.21. The first kappa shape index (κ1) is 12.1. The van der Waals surface area contributed by atoms with Gasteiger partial charge in [0, 0.05) is 25.2 Å². The number of rotatable bonds is 3. The molecule has 5 nitrogen and oxygen atoms in total. The largest absolute Gasteiger partial charge is 0.480 e. The van der Waals surface area contributed by atoms with E-state index >= 15 is 0 Å². The molecule has 1 N–H and O–H groups in total. The van der Waals surface area contributed by atoms with Crippen LogP contribution in [0.25, 0.3) is 0 Å². The minimum atomic E-state index is -0.817. The molecule has 1 aromatic rings. The third-order valence-electron chi connectivity index (χ3n) is 2.78. The molecule has 0 bridgehead atoms. The molecule has 0 aromatic carbocycles. The van der Waals surface area contributed by atoms with Crippen molar-refractivity contribution in [2.75, 3.05) is 13.6 Å². The molecule has 0 amide bonds. The number of likely N-dealkylation sites (N-methyl/N-ethyl adjacent to an activating group) is 1. The minimum absolute atomic E-state index is 0.144. The molecular weight excluding hydrogens is 244 g/mol. The van der Waals surface area contributed by atoms with Crippen LogP contribution in [0.15, 0.2) is 18.3 Å². The lowest BCUT2D eigenvalue weighted by molar-refractivity contribution is -0.141. The van der Waals surface area contributed by atoms with Gasteiger partial charge in [0.2, 0.25) is 5.88 Å². The second kappa shape index (κ2) is 4.89. The third kappa shape index (κ3) is 2.87. The fourth-order valence-electron chi connectivity index (χ4n) is 1.93. The monoisotopic (exact) mass is 256 g/mol. The van der Waals surface area contributed by atoms with Gasteiger partial charge in [-0.25, -0.2) is 4.98 Å². The number of carboxylic acids is 1. The summed E-state index contributed by atoms with van der Waals surface area (Å²) in [6, 6.07) is 2.89. The van der Waals surface area contributed by atoms with Gasteiger partial charge in [0.1, 0.15) is 12.1 Å². The van der Waals surface area contributed by atoms with Gasteiger partial charge in [0.15, 0.2) is 0 Å². The van der Waals surface area contributed by atoms with Gasteiger partial charge in [-0.05, 0) is 13.1 Å². The lowest BCUT2D eigenvalue weighted by atomic mass is 10.2. The van der Waals surface area contributed by atoms with Crippen molar-refractivity contribution in [1.82, 2.24) is 9.88 Å². The summed E-state index contributed by atoms with van der Waals surface area (Å²) in [5.74, 6) is -0.346. The normalized spacial score (nSPS) is 24.8. The number of aromatic nitrogens is 1. The Morgan fingerprint density at radius 2 is 2.41 bits per heavy atom. The highest BCUT2D eigenvalue weighted by Gasteiger charge is 2.35. The second-order valence-corrected chi connectivity index (χ2v) is 4.52. The van der Waals surface area contributed by atoms with Crippen molar-refractivity contribution in [3.8, 4) is 5.88 Å². The maximum Gasteiger partial charge on any atom is 0.321 e. The van der Waals surface area contributed by atoms with Crippen molar-refractivity contribution in [2.45, 2.75) is 18.6 Å². The van der Waals surface area contributed by atoms with Crippen molar-refractivity contribution in [3.05, 3.63) is 23.4 Å². The Kier molecular flexibility index (Phi) is 3.49. The Bertz CT molecular complexity index is 410. The molecule has 1 aliphatic rings. The van der Waals surface area contributed by atoms with Crippen molar-refractivity contribution >= 4 is 17.6 Å². The van der Waals surface area contributed by atoms with E-state index in [1.165, 1.54) is 6.20 Å². The molecule has 1 saturated heterocycles. The fraction of sp³-hybridized carbons (Fsp3) is 0.455. The molecular formula is C11H13ClN2O3. The smallest absolute Gasteiger partial charge is 0.321 e. The number of carboxylic acid groups (broad SMARTS) is 1. The van der Waals surface area contributed by atoms with Gasteiger partial charge in [0.05, 0.1) is 5.02 Å². The number of halogens is 1. The molecule has 0 radical (unpaired) electrons. The Morgan fingerprint density at radius 1 is 1.65 bits per heavy atom. The second-order valence-electron chi connectivity index (χ2n) is 4.08. The van der Waals surface area contributed by atoms with Crippen molar-refractivity contribution in [1.29, 1.82) is 0 Å². The number of hydrogen-bond donors (Lipinski definition) is 1. The summed E-state index contributed by atoms with van der Waals surface area (Å²) in [6.07, 6.45) is 1.83. The Balaban J connectivity index is 1.97. The minimum Gasteiger partial charge on any atom is -0.480 e. The van der Waals surface area contributed by atoms with Crippen LogP contribution in [0.1, 0.15) is 6.42 Å². The van der Waals surface area contributed by atoms with Gasteiger partial charge in [-0.2, -0.15) is 0 Å². The van der Waals surface area contributed by atoms with Crippen LogP contribution in [0, 0.1) is 0 Å². The maximum atomic E-state index is 10.9. The highest BCUT2D eigenvalue weighted by atomic mass is 35.5. The summed E-state index contributed by atoms with van der Waals surface area (Å²) in [4.78, 5) is 16.7. The topological polar surface area (TPSA) is 62.7 Å². The summed E-state index contributed by atoms with van der Waals surface area (Å²) >= 11 is 5.71. The zero-order valence-electron chi connectivity index (χ0n) is 9.34. The first-order valence-corrected chi connectivity index (χ1v) is 5.65. The molecule has 1 aromatic heterocycles. The summed E-state index contributed by atoms with van der Waals surface area (Å²) in [5.41, 5.74) is 0. The Morgan fingerprint density at radius 3 is 2.94 bits per heavy atom. The molecule has 2 rings (SSSR count). The number of pyridine rings is 1. The molecule has 1 fully saturated rings. The molecule has 2 atom stereocenters. The van der Waals surface area contributed by atoms with E-state index < -0.39 is 12.0 Å². The van der Waals surface area contributed by atoms with E-state index in [0.29, 0.717) is 23.9 Å². The van der Waals surface area contributed by atoms with Crippen LogP contribution in [0.5, 0.6) is 5.88 Å². The Hall–Kier alpha value is -1.33. The predicted octanol–water partition coefficient (Wildman–Crippen LogP) is 1.27. The van der Waals surface area contributed by atoms with Gasteiger partial charge < -0.3 is 9.84 Å². The molecule has 2 unspecified atom stereocenters. The average Bonchev–Trinajstić information content (AvgIpc) is 2.63. The lowest BCUT2D eigenvalue weighted by Crippen LogP contribution is -2.32. The van der Waals surface area contributed by atoms with E-state index in [-0.39, 0.29) is 6.10 Å². The molecule has 2 heterocycles. The van der Waals surface area contributed by atoms with Gasteiger partial charge in [-0.3, -0.25) is 9.69 Å².